The molecule has 0 bridgehead atoms. The summed E-state index contributed by atoms with van der Waals surface area (Å²) in [6.45, 7) is 1.61. The van der Waals surface area contributed by atoms with E-state index in [9.17, 15) is 13.6 Å². The van der Waals surface area contributed by atoms with Crippen molar-refractivity contribution in [3.63, 3.8) is 0 Å². The second-order valence-electron chi connectivity index (χ2n) is 5.55. The summed E-state index contributed by atoms with van der Waals surface area (Å²) in [7, 11) is 0. The minimum atomic E-state index is -0.723. The highest BCUT2D eigenvalue weighted by Crippen LogP contribution is 2.37. The monoisotopic (exact) mass is 282 g/mol. The summed E-state index contributed by atoms with van der Waals surface area (Å²) in [6, 6.07) is 2.96. The summed E-state index contributed by atoms with van der Waals surface area (Å²) in [5.41, 5.74) is -0.284. The molecule has 2 unspecified atom stereocenters. The van der Waals surface area contributed by atoms with Gasteiger partial charge in [-0.05, 0) is 25.0 Å². The van der Waals surface area contributed by atoms with Gasteiger partial charge < -0.3 is 9.47 Å². The Hall–Kier alpha value is -1.33. The maximum Gasteiger partial charge on any atom is 0.166 e. The van der Waals surface area contributed by atoms with Gasteiger partial charge in [0.25, 0.3) is 0 Å². The molecule has 0 amide bonds. The van der Waals surface area contributed by atoms with Crippen LogP contribution in [-0.4, -0.2) is 31.2 Å². The summed E-state index contributed by atoms with van der Waals surface area (Å²) < 4.78 is 37.5. The Balaban J connectivity index is 1.79. The molecule has 0 aliphatic carbocycles. The van der Waals surface area contributed by atoms with Gasteiger partial charge in [0.1, 0.15) is 11.6 Å². The van der Waals surface area contributed by atoms with Gasteiger partial charge in [-0.25, -0.2) is 8.78 Å². The maximum absolute atomic E-state index is 13.2. The first-order valence-corrected chi connectivity index (χ1v) is 6.80. The quantitative estimate of drug-likeness (QED) is 0.782. The molecule has 0 radical (unpaired) electrons. The van der Waals surface area contributed by atoms with Crippen molar-refractivity contribution in [1.82, 2.24) is 0 Å². The first kappa shape index (κ1) is 13.6. The van der Waals surface area contributed by atoms with Crippen LogP contribution in [-0.2, 0) is 9.47 Å². The number of hydrogen-bond donors (Lipinski definition) is 0. The van der Waals surface area contributed by atoms with E-state index in [-0.39, 0.29) is 22.9 Å². The first-order valence-electron chi connectivity index (χ1n) is 6.80. The predicted octanol–water partition coefficient (Wildman–Crippen LogP) is 2.73. The van der Waals surface area contributed by atoms with Crippen LogP contribution in [0.25, 0.3) is 0 Å². The van der Waals surface area contributed by atoms with Crippen molar-refractivity contribution >= 4 is 5.78 Å². The molecular weight excluding hydrogens is 266 g/mol. The zero-order chi connectivity index (χ0) is 14.2. The average molecular weight is 282 g/mol. The summed E-state index contributed by atoms with van der Waals surface area (Å²) in [4.78, 5) is 12.4. The van der Waals surface area contributed by atoms with Crippen molar-refractivity contribution in [1.29, 1.82) is 0 Å². The van der Waals surface area contributed by atoms with Crippen LogP contribution in [0.3, 0.4) is 0 Å². The van der Waals surface area contributed by atoms with Crippen LogP contribution >= 0.6 is 0 Å². The molecule has 3 nitrogen and oxygen atoms in total. The Morgan fingerprint density at radius 2 is 1.95 bits per heavy atom. The van der Waals surface area contributed by atoms with Crippen molar-refractivity contribution in [2.75, 3.05) is 19.8 Å². The highest BCUT2D eigenvalue weighted by molar-refractivity contribution is 5.98. The van der Waals surface area contributed by atoms with Crippen molar-refractivity contribution in [3.05, 3.63) is 35.4 Å². The second kappa shape index (κ2) is 5.22. The van der Waals surface area contributed by atoms with Crippen LogP contribution in [0.4, 0.5) is 8.78 Å². The molecule has 3 rings (SSSR count). The number of halogens is 2. The largest absolute Gasteiger partial charge is 0.378 e. The molecule has 1 aromatic carbocycles. The Bertz CT molecular complexity index is 504. The lowest BCUT2D eigenvalue weighted by Gasteiger charge is -2.36. The smallest absolute Gasteiger partial charge is 0.166 e. The van der Waals surface area contributed by atoms with Gasteiger partial charge in [0.2, 0.25) is 0 Å². The SMILES string of the molecule is O=C(c1cc(F)cc(F)c1)C1CCOC2(CCOC2)C1. The lowest BCUT2D eigenvalue weighted by atomic mass is 9.81. The van der Waals surface area contributed by atoms with Crippen molar-refractivity contribution < 1.29 is 23.0 Å². The van der Waals surface area contributed by atoms with Gasteiger partial charge in [0, 0.05) is 37.2 Å². The van der Waals surface area contributed by atoms with Gasteiger partial charge in [0.15, 0.2) is 5.78 Å². The van der Waals surface area contributed by atoms with E-state index in [1.165, 1.54) is 0 Å². The minimum Gasteiger partial charge on any atom is -0.378 e. The Labute approximate surface area is 115 Å². The molecule has 2 atom stereocenters. The minimum absolute atomic E-state index is 0.100. The molecule has 2 saturated heterocycles. The standard InChI is InChI=1S/C15H16F2O3/c16-12-5-11(6-13(17)7-12)14(18)10-1-3-20-15(8-10)2-4-19-9-15/h5-7,10H,1-4,8-9H2. The Morgan fingerprint density at radius 3 is 2.60 bits per heavy atom. The average Bonchev–Trinajstić information content (AvgIpc) is 2.85. The normalized spacial score (nSPS) is 29.8. The van der Waals surface area contributed by atoms with E-state index in [4.69, 9.17) is 9.47 Å². The van der Waals surface area contributed by atoms with E-state index in [1.54, 1.807) is 0 Å². The first-order chi connectivity index (χ1) is 9.58. The highest BCUT2D eigenvalue weighted by atomic mass is 19.1. The number of carbonyl (C=O) groups excluding carboxylic acids is 1. The highest BCUT2D eigenvalue weighted by Gasteiger charge is 2.43. The predicted molar refractivity (Wildman–Crippen MR) is 67.5 cm³/mol. The number of ether oxygens (including phenoxy) is 2. The van der Waals surface area contributed by atoms with Crippen LogP contribution in [0.5, 0.6) is 0 Å². The van der Waals surface area contributed by atoms with Crippen LogP contribution < -0.4 is 0 Å². The molecule has 0 N–H and O–H groups in total. The maximum atomic E-state index is 13.2. The van der Waals surface area contributed by atoms with Gasteiger partial charge in [0.05, 0.1) is 12.2 Å². The molecule has 2 aliphatic rings. The van der Waals surface area contributed by atoms with E-state index >= 15 is 0 Å². The van der Waals surface area contributed by atoms with Gasteiger partial charge in [-0.2, -0.15) is 0 Å². The third-order valence-corrected chi connectivity index (χ3v) is 4.08. The molecule has 5 heteroatoms. The van der Waals surface area contributed by atoms with Gasteiger partial charge in [-0.3, -0.25) is 4.79 Å². The van der Waals surface area contributed by atoms with E-state index in [2.05, 4.69) is 0 Å². The van der Waals surface area contributed by atoms with Crippen LogP contribution in [0, 0.1) is 17.6 Å². The molecule has 0 aromatic heterocycles. The number of carbonyl (C=O) groups is 1. The number of rotatable bonds is 2. The van der Waals surface area contributed by atoms with E-state index in [0.29, 0.717) is 32.7 Å². The molecule has 2 aliphatic heterocycles. The molecule has 2 fully saturated rings. The van der Waals surface area contributed by atoms with Crippen LogP contribution in [0.15, 0.2) is 18.2 Å². The lowest BCUT2D eigenvalue weighted by molar-refractivity contribution is -0.0920. The van der Waals surface area contributed by atoms with Gasteiger partial charge in [-0.1, -0.05) is 0 Å². The third kappa shape index (κ3) is 2.60. The Morgan fingerprint density at radius 1 is 1.20 bits per heavy atom. The number of benzene rings is 1. The molecule has 20 heavy (non-hydrogen) atoms. The fourth-order valence-corrected chi connectivity index (χ4v) is 3.05. The van der Waals surface area contributed by atoms with E-state index in [1.807, 2.05) is 0 Å². The molecular formula is C15H16F2O3. The fraction of sp³-hybridized carbons (Fsp3) is 0.533. The lowest BCUT2D eigenvalue weighted by Crippen LogP contribution is -2.42. The fourth-order valence-electron chi connectivity index (χ4n) is 3.05. The van der Waals surface area contributed by atoms with Crippen molar-refractivity contribution in [2.45, 2.75) is 24.9 Å². The molecule has 2 heterocycles. The molecule has 1 spiro atoms. The second-order valence-corrected chi connectivity index (χ2v) is 5.55. The van der Waals surface area contributed by atoms with Crippen molar-refractivity contribution in [2.24, 2.45) is 5.92 Å². The number of Topliss-reactive ketones (excluding diaryl/α,β-unsaturated/α-hetero) is 1. The summed E-state index contributed by atoms with van der Waals surface area (Å²) >= 11 is 0. The van der Waals surface area contributed by atoms with Gasteiger partial charge in [-0.15, -0.1) is 0 Å². The van der Waals surface area contributed by atoms with Crippen molar-refractivity contribution in [3.8, 4) is 0 Å². The Kier molecular flexibility index (Phi) is 3.56. The zero-order valence-corrected chi connectivity index (χ0v) is 11.0. The van der Waals surface area contributed by atoms with E-state index < -0.39 is 11.6 Å². The number of ketones is 1. The van der Waals surface area contributed by atoms with E-state index in [0.717, 1.165) is 24.6 Å². The van der Waals surface area contributed by atoms with Crippen LogP contribution in [0.1, 0.15) is 29.6 Å². The summed E-state index contributed by atoms with van der Waals surface area (Å²) in [5.74, 6) is -1.91. The van der Waals surface area contributed by atoms with Gasteiger partial charge >= 0.3 is 0 Å². The topological polar surface area (TPSA) is 35.5 Å². The summed E-state index contributed by atoms with van der Waals surface area (Å²) in [5, 5.41) is 0. The molecule has 0 saturated carbocycles. The molecule has 108 valence electrons. The van der Waals surface area contributed by atoms with Crippen LogP contribution in [0.2, 0.25) is 0 Å². The zero-order valence-electron chi connectivity index (χ0n) is 11.0. The third-order valence-electron chi connectivity index (χ3n) is 4.08. The molecule has 1 aromatic rings. The summed E-state index contributed by atoms with van der Waals surface area (Å²) in [6.07, 6.45) is 1.91. The number of hydrogen-bond acceptors (Lipinski definition) is 3.